The second-order valence-corrected chi connectivity index (χ2v) is 10.8. The first-order valence-corrected chi connectivity index (χ1v) is 13.8. The highest BCUT2D eigenvalue weighted by atomic mass is 19.4. The van der Waals surface area contributed by atoms with Crippen LogP contribution in [0.1, 0.15) is 55.3 Å². The maximum atomic E-state index is 13.2. The summed E-state index contributed by atoms with van der Waals surface area (Å²) >= 11 is 0. The largest absolute Gasteiger partial charge is 0.416 e. The highest BCUT2D eigenvalue weighted by molar-refractivity contribution is 5.79. The second-order valence-electron chi connectivity index (χ2n) is 10.8. The van der Waals surface area contributed by atoms with E-state index in [1.807, 2.05) is 16.0 Å². The highest BCUT2D eigenvalue weighted by Gasteiger charge is 2.35. The molecule has 0 saturated carbocycles. The number of nitrogens with one attached hydrogen (secondary N) is 1. The van der Waals surface area contributed by atoms with E-state index in [0.29, 0.717) is 50.9 Å². The van der Waals surface area contributed by atoms with Crippen molar-refractivity contribution in [3.8, 4) is 0 Å². The van der Waals surface area contributed by atoms with Crippen LogP contribution in [0.4, 0.5) is 19.0 Å². The van der Waals surface area contributed by atoms with Crippen LogP contribution in [-0.2, 0) is 22.3 Å². The molecule has 2 fully saturated rings. The van der Waals surface area contributed by atoms with Crippen molar-refractivity contribution in [3.05, 3.63) is 59.6 Å². The maximum Gasteiger partial charge on any atom is 0.416 e. The van der Waals surface area contributed by atoms with Crippen molar-refractivity contribution >= 4 is 17.3 Å². The van der Waals surface area contributed by atoms with E-state index in [9.17, 15) is 18.0 Å². The van der Waals surface area contributed by atoms with Gasteiger partial charge in [-0.25, -0.2) is 4.98 Å². The van der Waals surface area contributed by atoms with Crippen LogP contribution >= 0.6 is 0 Å². The molecule has 2 atom stereocenters. The molecule has 4 heterocycles. The van der Waals surface area contributed by atoms with E-state index in [4.69, 9.17) is 4.74 Å². The Morgan fingerprint density at radius 1 is 1.08 bits per heavy atom. The molecule has 210 valence electrons. The first kappa shape index (κ1) is 27.6. The maximum absolute atomic E-state index is 13.2. The fourth-order valence-corrected chi connectivity index (χ4v) is 5.90. The molecule has 2 aromatic rings. The molecule has 2 aliphatic heterocycles. The van der Waals surface area contributed by atoms with Crippen molar-refractivity contribution in [1.29, 1.82) is 0 Å². The number of carbonyl (C=O) groups is 1. The Kier molecular flexibility index (Phi) is 8.52. The predicted octanol–water partition coefficient (Wildman–Crippen LogP) is 4.68. The number of anilines is 1. The van der Waals surface area contributed by atoms with Gasteiger partial charge < -0.3 is 19.9 Å². The van der Waals surface area contributed by atoms with Gasteiger partial charge in [0.25, 0.3) is 0 Å². The number of piperidine rings is 1. The molecule has 7 nitrogen and oxygen atoms in total. The summed E-state index contributed by atoms with van der Waals surface area (Å²) in [6, 6.07) is 6.89. The summed E-state index contributed by atoms with van der Waals surface area (Å²) < 4.78 is 44.4. The SMILES string of the molecule is COCc1ccc(C2=CCC(N[C@H]3CCN(C(=O)C4CCN(c5cc(C(F)(F)F)ccn5)CC4)C3)CC2)nc1. The molecule has 39 heavy (non-hydrogen) atoms. The molecule has 10 heteroatoms. The number of halogens is 3. The molecule has 0 radical (unpaired) electrons. The van der Waals surface area contributed by atoms with E-state index in [1.54, 1.807) is 7.11 Å². The molecular formula is C29H36F3N5O2. The molecule has 2 aromatic heterocycles. The van der Waals surface area contributed by atoms with Crippen molar-refractivity contribution in [2.75, 3.05) is 38.2 Å². The molecule has 0 aromatic carbocycles. The Morgan fingerprint density at radius 3 is 2.56 bits per heavy atom. The molecule has 1 aliphatic carbocycles. The Labute approximate surface area is 227 Å². The third-order valence-electron chi connectivity index (χ3n) is 8.09. The van der Waals surface area contributed by atoms with Gasteiger partial charge in [-0.15, -0.1) is 0 Å². The Hall–Kier alpha value is -2.98. The molecule has 3 aliphatic rings. The first-order chi connectivity index (χ1) is 18.8. The summed E-state index contributed by atoms with van der Waals surface area (Å²) in [6.07, 6.45) is 6.12. The molecule has 2 saturated heterocycles. The zero-order chi connectivity index (χ0) is 27.4. The van der Waals surface area contributed by atoms with Crippen molar-refractivity contribution in [3.63, 3.8) is 0 Å². The summed E-state index contributed by atoms with van der Waals surface area (Å²) in [7, 11) is 1.68. The number of methoxy groups -OCH3 is 1. The highest BCUT2D eigenvalue weighted by Crippen LogP contribution is 2.32. The molecule has 1 amide bonds. The third-order valence-corrected chi connectivity index (χ3v) is 8.09. The van der Waals surface area contributed by atoms with Gasteiger partial charge in [0.2, 0.25) is 5.91 Å². The van der Waals surface area contributed by atoms with Crippen LogP contribution in [0.25, 0.3) is 5.57 Å². The average Bonchev–Trinajstić information content (AvgIpc) is 3.42. The van der Waals surface area contributed by atoms with Gasteiger partial charge in [-0.2, -0.15) is 13.2 Å². The molecule has 1 N–H and O–H groups in total. The summed E-state index contributed by atoms with van der Waals surface area (Å²) in [5.41, 5.74) is 2.68. The van der Waals surface area contributed by atoms with Gasteiger partial charge >= 0.3 is 6.18 Å². The number of ether oxygens (including phenoxy) is 1. The van der Waals surface area contributed by atoms with Crippen molar-refractivity contribution < 1.29 is 22.7 Å². The zero-order valence-corrected chi connectivity index (χ0v) is 22.3. The molecule has 5 rings (SSSR count). The number of carbonyl (C=O) groups excluding carboxylic acids is 1. The number of hydrogen-bond acceptors (Lipinski definition) is 6. The second kappa shape index (κ2) is 12.0. The number of likely N-dealkylation sites (tertiary alicyclic amines) is 1. The molecule has 0 bridgehead atoms. The first-order valence-electron chi connectivity index (χ1n) is 13.8. The number of nitrogens with zero attached hydrogens (tertiary/aromatic N) is 4. The summed E-state index contributed by atoms with van der Waals surface area (Å²) in [4.78, 5) is 25.8. The predicted molar refractivity (Wildman–Crippen MR) is 143 cm³/mol. The van der Waals surface area contributed by atoms with E-state index in [0.717, 1.165) is 55.6 Å². The molecule has 0 spiro atoms. The molecular weight excluding hydrogens is 507 g/mol. The summed E-state index contributed by atoms with van der Waals surface area (Å²) in [5, 5.41) is 3.77. The summed E-state index contributed by atoms with van der Waals surface area (Å²) in [6.45, 7) is 3.08. The van der Waals surface area contributed by atoms with Crippen LogP contribution in [0.15, 0.2) is 42.7 Å². The van der Waals surface area contributed by atoms with Crippen LogP contribution < -0.4 is 10.2 Å². The van der Waals surface area contributed by atoms with Crippen LogP contribution in [0.5, 0.6) is 0 Å². The van der Waals surface area contributed by atoms with Gasteiger partial charge in [0.05, 0.1) is 17.9 Å². The van der Waals surface area contributed by atoms with Gasteiger partial charge in [0, 0.05) is 63.7 Å². The third kappa shape index (κ3) is 6.78. The van der Waals surface area contributed by atoms with Gasteiger partial charge in [0.15, 0.2) is 0 Å². The fraction of sp³-hybridized carbons (Fsp3) is 0.552. The van der Waals surface area contributed by atoms with Crippen LogP contribution in [-0.4, -0.2) is 66.1 Å². The van der Waals surface area contributed by atoms with Crippen molar-refractivity contribution in [2.24, 2.45) is 5.92 Å². The lowest BCUT2D eigenvalue weighted by Gasteiger charge is -2.34. The number of rotatable bonds is 7. The fourth-order valence-electron chi connectivity index (χ4n) is 5.90. The van der Waals surface area contributed by atoms with Crippen LogP contribution in [0.2, 0.25) is 0 Å². The minimum atomic E-state index is -4.39. The zero-order valence-electron chi connectivity index (χ0n) is 22.3. The lowest BCUT2D eigenvalue weighted by atomic mass is 9.92. The topological polar surface area (TPSA) is 70.6 Å². The van der Waals surface area contributed by atoms with Gasteiger partial charge in [-0.1, -0.05) is 12.1 Å². The number of pyridine rings is 2. The van der Waals surface area contributed by atoms with E-state index in [-0.39, 0.29) is 17.9 Å². The lowest BCUT2D eigenvalue weighted by molar-refractivity contribution is -0.137. The van der Waals surface area contributed by atoms with E-state index < -0.39 is 11.7 Å². The van der Waals surface area contributed by atoms with E-state index in [1.165, 1.54) is 11.8 Å². The number of amides is 1. The number of allylic oxidation sites excluding steroid dienone is 1. The normalized spacial score (nSPS) is 22.7. The lowest BCUT2D eigenvalue weighted by Crippen LogP contribution is -2.44. The quantitative estimate of drug-likeness (QED) is 0.547. The Balaban J connectivity index is 1.07. The van der Waals surface area contributed by atoms with Gasteiger partial charge in [0.1, 0.15) is 5.82 Å². The number of aromatic nitrogens is 2. The monoisotopic (exact) mass is 543 g/mol. The number of hydrogen-bond donors (Lipinski definition) is 1. The molecule has 1 unspecified atom stereocenters. The minimum Gasteiger partial charge on any atom is -0.380 e. The smallest absolute Gasteiger partial charge is 0.380 e. The Morgan fingerprint density at radius 2 is 1.90 bits per heavy atom. The van der Waals surface area contributed by atoms with Crippen molar-refractivity contribution in [1.82, 2.24) is 20.2 Å². The minimum absolute atomic E-state index is 0.0891. The standard InChI is InChI=1S/C29H36F3N5O2/c1-39-19-20-2-7-26(34-17-20)21-3-5-24(6-4-21)35-25-11-15-37(18-25)28(38)22-9-13-36(14-10-22)27-16-23(8-12-33-27)29(30,31)32/h2-3,7-8,12,16-17,22,24-25,35H,4-6,9-11,13-15,18-19H2,1H3/t24?,25-/m0/s1. The van der Waals surface area contributed by atoms with E-state index in [2.05, 4.69) is 33.5 Å². The van der Waals surface area contributed by atoms with E-state index >= 15 is 0 Å². The van der Waals surface area contributed by atoms with Gasteiger partial charge in [-0.3, -0.25) is 9.78 Å². The average molecular weight is 544 g/mol. The van der Waals surface area contributed by atoms with Crippen LogP contribution in [0.3, 0.4) is 0 Å². The van der Waals surface area contributed by atoms with Crippen molar-refractivity contribution in [2.45, 2.75) is 63.4 Å². The number of alkyl halides is 3. The van der Waals surface area contributed by atoms with Crippen LogP contribution in [0, 0.1) is 5.92 Å². The van der Waals surface area contributed by atoms with Gasteiger partial charge in [-0.05, 0) is 67.9 Å². The Bertz CT molecular complexity index is 1160. The summed E-state index contributed by atoms with van der Waals surface area (Å²) in [5.74, 6) is 0.406.